The zero-order valence-corrected chi connectivity index (χ0v) is 16.3. The zero-order chi connectivity index (χ0) is 19.6. The molecule has 28 heavy (non-hydrogen) atoms. The van der Waals surface area contributed by atoms with Crippen LogP contribution in [0.5, 0.6) is 23.0 Å². The molecule has 6 heteroatoms. The summed E-state index contributed by atoms with van der Waals surface area (Å²) in [6.07, 6.45) is 3.88. The van der Waals surface area contributed by atoms with Crippen LogP contribution < -0.4 is 18.9 Å². The third-order valence-corrected chi connectivity index (χ3v) is 4.25. The summed E-state index contributed by atoms with van der Waals surface area (Å²) < 4.78 is 34.3. The lowest BCUT2D eigenvalue weighted by molar-refractivity contribution is 0.131. The van der Waals surface area contributed by atoms with Crippen molar-refractivity contribution in [1.82, 2.24) is 0 Å². The predicted octanol–water partition coefficient (Wildman–Crippen LogP) is 3.76. The maximum atomic E-state index is 5.98. The highest BCUT2D eigenvalue weighted by Gasteiger charge is 2.13. The van der Waals surface area contributed by atoms with Gasteiger partial charge in [0.1, 0.15) is 13.2 Å². The van der Waals surface area contributed by atoms with Crippen molar-refractivity contribution >= 4 is 0 Å². The average molecular weight is 386 g/mol. The van der Waals surface area contributed by atoms with Crippen LogP contribution in [-0.2, 0) is 22.7 Å². The van der Waals surface area contributed by atoms with Crippen LogP contribution in [0.2, 0.25) is 0 Å². The number of hydrogen-bond donors (Lipinski definition) is 0. The molecule has 0 saturated carbocycles. The van der Waals surface area contributed by atoms with E-state index in [1.807, 2.05) is 48.6 Å². The predicted molar refractivity (Wildman–Crippen MR) is 105 cm³/mol. The molecule has 1 aliphatic rings. The summed E-state index contributed by atoms with van der Waals surface area (Å²) in [6, 6.07) is 11.5. The van der Waals surface area contributed by atoms with Gasteiger partial charge in [-0.1, -0.05) is 36.4 Å². The van der Waals surface area contributed by atoms with Gasteiger partial charge in [-0.15, -0.1) is 0 Å². The molecule has 3 rings (SSSR count). The maximum absolute atomic E-state index is 5.98. The van der Waals surface area contributed by atoms with Crippen LogP contribution in [0.15, 0.2) is 48.6 Å². The van der Waals surface area contributed by atoms with E-state index in [1.54, 1.807) is 14.2 Å². The summed E-state index contributed by atoms with van der Waals surface area (Å²) in [5.74, 6) is 2.69. The number of ether oxygens (including phenoxy) is 6. The Bertz CT molecular complexity index is 721. The second-order valence-corrected chi connectivity index (χ2v) is 6.10. The number of methoxy groups -OCH3 is 2. The van der Waals surface area contributed by atoms with Crippen molar-refractivity contribution in [2.24, 2.45) is 0 Å². The Morgan fingerprint density at radius 1 is 0.679 bits per heavy atom. The maximum Gasteiger partial charge on any atom is 0.166 e. The molecule has 0 radical (unpaired) electrons. The van der Waals surface area contributed by atoms with Crippen LogP contribution in [0, 0.1) is 0 Å². The van der Waals surface area contributed by atoms with E-state index >= 15 is 0 Å². The minimum atomic E-state index is 0.353. The highest BCUT2D eigenvalue weighted by molar-refractivity contribution is 5.47. The van der Waals surface area contributed by atoms with Gasteiger partial charge in [-0.3, -0.25) is 0 Å². The smallest absolute Gasteiger partial charge is 0.166 e. The van der Waals surface area contributed by atoms with Crippen molar-refractivity contribution in [3.63, 3.8) is 0 Å². The van der Waals surface area contributed by atoms with Crippen molar-refractivity contribution in [3.8, 4) is 23.0 Å². The molecular weight excluding hydrogens is 360 g/mol. The lowest BCUT2D eigenvalue weighted by Crippen LogP contribution is -2.13. The molecule has 0 amide bonds. The summed E-state index contributed by atoms with van der Waals surface area (Å²) in [5, 5.41) is 0. The Morgan fingerprint density at radius 2 is 1.14 bits per heavy atom. The van der Waals surface area contributed by atoms with Gasteiger partial charge in [0.15, 0.2) is 23.0 Å². The summed E-state index contributed by atoms with van der Waals surface area (Å²) in [7, 11) is 3.25. The topological polar surface area (TPSA) is 55.4 Å². The Kier molecular flexibility index (Phi) is 7.58. The van der Waals surface area contributed by atoms with Gasteiger partial charge >= 0.3 is 0 Å². The van der Waals surface area contributed by atoms with Crippen molar-refractivity contribution in [1.29, 1.82) is 0 Å². The fourth-order valence-corrected chi connectivity index (χ4v) is 2.90. The first-order chi connectivity index (χ1) is 13.8. The van der Waals surface area contributed by atoms with Crippen molar-refractivity contribution in [2.75, 3.05) is 40.6 Å². The van der Waals surface area contributed by atoms with Crippen molar-refractivity contribution < 1.29 is 28.4 Å². The van der Waals surface area contributed by atoms with Gasteiger partial charge < -0.3 is 28.4 Å². The standard InChI is InChI=1S/C22H26O6/c1-23-19-9-5-7-17-15-25-11-3-4-12-26-16-18-8-6-10-20(24-2)22(18)28-14-13-27-21(17)19/h3-10H,11-16H2,1-2H3/b4-3+. The van der Waals surface area contributed by atoms with E-state index in [4.69, 9.17) is 28.4 Å². The van der Waals surface area contributed by atoms with Crippen LogP contribution >= 0.6 is 0 Å². The molecule has 0 spiro atoms. The molecule has 0 bridgehead atoms. The van der Waals surface area contributed by atoms with Gasteiger partial charge in [0.05, 0.1) is 40.6 Å². The quantitative estimate of drug-likeness (QED) is 0.733. The first-order valence-corrected chi connectivity index (χ1v) is 9.21. The Morgan fingerprint density at radius 3 is 1.57 bits per heavy atom. The third-order valence-electron chi connectivity index (χ3n) is 4.25. The van der Waals surface area contributed by atoms with Gasteiger partial charge in [-0.25, -0.2) is 0 Å². The van der Waals surface area contributed by atoms with E-state index in [9.17, 15) is 0 Å². The zero-order valence-electron chi connectivity index (χ0n) is 16.3. The van der Waals surface area contributed by atoms with E-state index in [2.05, 4.69) is 0 Å². The molecule has 0 atom stereocenters. The fourth-order valence-electron chi connectivity index (χ4n) is 2.90. The van der Waals surface area contributed by atoms with E-state index in [0.29, 0.717) is 62.6 Å². The summed E-state index contributed by atoms with van der Waals surface area (Å²) in [6.45, 7) is 2.54. The minimum Gasteiger partial charge on any atom is -0.493 e. The first kappa shape index (κ1) is 20.0. The molecule has 0 saturated heterocycles. The second-order valence-electron chi connectivity index (χ2n) is 6.10. The molecule has 1 heterocycles. The Labute approximate surface area is 165 Å². The lowest BCUT2D eigenvalue weighted by atomic mass is 10.2. The molecule has 150 valence electrons. The number of rotatable bonds is 2. The van der Waals surface area contributed by atoms with E-state index in [-0.39, 0.29) is 0 Å². The van der Waals surface area contributed by atoms with E-state index < -0.39 is 0 Å². The Hall–Kier alpha value is -2.70. The molecular formula is C22H26O6. The van der Waals surface area contributed by atoms with Crippen LogP contribution in [-0.4, -0.2) is 40.6 Å². The molecule has 0 aliphatic carbocycles. The summed E-state index contributed by atoms with van der Waals surface area (Å²) in [5.41, 5.74) is 1.85. The monoisotopic (exact) mass is 386 g/mol. The highest BCUT2D eigenvalue weighted by atomic mass is 16.6. The molecule has 0 fully saturated rings. The second kappa shape index (κ2) is 10.6. The molecule has 2 aromatic rings. The van der Waals surface area contributed by atoms with Gasteiger partial charge in [-0.2, -0.15) is 0 Å². The molecule has 0 N–H and O–H groups in total. The van der Waals surface area contributed by atoms with Crippen LogP contribution in [0.3, 0.4) is 0 Å². The fraction of sp³-hybridized carbons (Fsp3) is 0.364. The number of benzene rings is 2. The van der Waals surface area contributed by atoms with Crippen LogP contribution in [0.4, 0.5) is 0 Å². The Balaban J connectivity index is 1.81. The normalized spacial score (nSPS) is 16.6. The largest absolute Gasteiger partial charge is 0.493 e. The van der Waals surface area contributed by atoms with Crippen molar-refractivity contribution in [2.45, 2.75) is 13.2 Å². The minimum absolute atomic E-state index is 0.353. The van der Waals surface area contributed by atoms with Gasteiger partial charge in [0, 0.05) is 11.1 Å². The highest BCUT2D eigenvalue weighted by Crippen LogP contribution is 2.33. The molecule has 0 aromatic heterocycles. The molecule has 2 aromatic carbocycles. The SMILES string of the molecule is COc1cccc2c1OCCOc1c(cccc1OC)COC/C=C/COC2. The first-order valence-electron chi connectivity index (χ1n) is 9.21. The number of para-hydroxylation sites is 2. The lowest BCUT2D eigenvalue weighted by Gasteiger charge is -2.17. The molecule has 6 nitrogen and oxygen atoms in total. The van der Waals surface area contributed by atoms with Gasteiger partial charge in [0.25, 0.3) is 0 Å². The summed E-state index contributed by atoms with van der Waals surface area (Å²) in [4.78, 5) is 0. The number of fused-ring (bicyclic) bond motifs is 2. The summed E-state index contributed by atoms with van der Waals surface area (Å²) >= 11 is 0. The van der Waals surface area contributed by atoms with Crippen molar-refractivity contribution in [3.05, 3.63) is 59.7 Å². The average Bonchev–Trinajstić information content (AvgIpc) is 2.73. The van der Waals surface area contributed by atoms with Crippen LogP contribution in [0.25, 0.3) is 0 Å². The van der Waals surface area contributed by atoms with E-state index in [0.717, 1.165) is 11.1 Å². The molecule has 0 unspecified atom stereocenters. The number of hydrogen-bond acceptors (Lipinski definition) is 6. The van der Waals surface area contributed by atoms with Gasteiger partial charge in [-0.05, 0) is 12.1 Å². The van der Waals surface area contributed by atoms with Gasteiger partial charge in [0.2, 0.25) is 0 Å². The van der Waals surface area contributed by atoms with Crippen LogP contribution in [0.1, 0.15) is 11.1 Å². The van der Waals surface area contributed by atoms with E-state index in [1.165, 1.54) is 0 Å². The third kappa shape index (κ3) is 5.18. The molecule has 1 aliphatic heterocycles.